The van der Waals surface area contributed by atoms with E-state index in [4.69, 9.17) is 10.1 Å². The summed E-state index contributed by atoms with van der Waals surface area (Å²) >= 11 is 0. The van der Waals surface area contributed by atoms with Gasteiger partial charge in [-0.2, -0.15) is 0 Å². The second kappa shape index (κ2) is 4.14. The van der Waals surface area contributed by atoms with Gasteiger partial charge in [0.2, 0.25) is 11.1 Å². The smallest absolute Gasteiger partial charge is 0.426 e. The van der Waals surface area contributed by atoms with Gasteiger partial charge in [0.25, 0.3) is 0 Å². The quantitative estimate of drug-likeness (QED) is 0.505. The summed E-state index contributed by atoms with van der Waals surface area (Å²) in [7, 11) is 0. The van der Waals surface area contributed by atoms with E-state index in [1.165, 1.54) is 0 Å². The van der Waals surface area contributed by atoms with Crippen molar-refractivity contribution in [1.82, 2.24) is 0 Å². The van der Waals surface area contributed by atoms with Crippen molar-refractivity contribution in [3.63, 3.8) is 0 Å². The molecule has 0 aliphatic carbocycles. The van der Waals surface area contributed by atoms with E-state index in [0.29, 0.717) is 18.0 Å². The summed E-state index contributed by atoms with van der Waals surface area (Å²) in [5.41, 5.74) is 0.430. The van der Waals surface area contributed by atoms with Crippen LogP contribution in [0.5, 0.6) is 5.75 Å². The molecule has 1 rings (SSSR count). The molecule has 0 heterocycles. The molecule has 0 radical (unpaired) electrons. The monoisotopic (exact) mass is 161 g/mol. The summed E-state index contributed by atoms with van der Waals surface area (Å²) in [4.78, 5) is 3.06. The minimum atomic E-state index is 0.409. The highest BCUT2D eigenvalue weighted by atomic mass is 16.5. The molecule has 0 aliphatic rings. The third kappa shape index (κ3) is 1.83. The molecule has 60 valence electrons. The van der Waals surface area contributed by atoms with Crippen molar-refractivity contribution in [2.75, 3.05) is 6.61 Å². The molecule has 1 aromatic rings. The first-order valence-corrected chi connectivity index (χ1v) is 3.56. The molecule has 0 fully saturated rings. The third-order valence-electron chi connectivity index (χ3n) is 1.33. The van der Waals surface area contributed by atoms with Crippen LogP contribution in [0.15, 0.2) is 36.9 Å². The van der Waals surface area contributed by atoms with Gasteiger partial charge in [0.15, 0.2) is 4.98 Å². The minimum absolute atomic E-state index is 0.409. The highest BCUT2D eigenvalue weighted by Gasteiger charge is 2.11. The van der Waals surface area contributed by atoms with Crippen molar-refractivity contribution in [3.05, 3.63) is 41.9 Å². The molecular weight excluding hydrogens is 152 g/mol. The van der Waals surface area contributed by atoms with Gasteiger partial charge in [0, 0.05) is 6.07 Å². The van der Waals surface area contributed by atoms with Crippen molar-refractivity contribution in [3.8, 4) is 5.75 Å². The SMILES string of the molecule is C=CCOc1ccccc1[N+]#N. The summed E-state index contributed by atoms with van der Waals surface area (Å²) in [5, 5.41) is 8.54. The zero-order valence-electron chi connectivity index (χ0n) is 6.60. The molecule has 0 unspecified atom stereocenters. The van der Waals surface area contributed by atoms with Crippen molar-refractivity contribution in [1.29, 1.82) is 5.39 Å². The maximum Gasteiger partial charge on any atom is 0.426 e. The van der Waals surface area contributed by atoms with Gasteiger partial charge in [-0.25, -0.2) is 0 Å². The summed E-state index contributed by atoms with van der Waals surface area (Å²) in [5.74, 6) is 0.555. The highest BCUT2D eigenvalue weighted by Crippen LogP contribution is 2.26. The van der Waals surface area contributed by atoms with E-state index in [1.807, 2.05) is 6.07 Å². The van der Waals surface area contributed by atoms with Crippen molar-refractivity contribution < 1.29 is 4.74 Å². The Morgan fingerprint density at radius 2 is 2.25 bits per heavy atom. The second-order valence-electron chi connectivity index (χ2n) is 2.17. The number of hydrogen-bond acceptors (Lipinski definition) is 2. The van der Waals surface area contributed by atoms with Crippen LogP contribution < -0.4 is 4.74 Å². The molecule has 0 N–H and O–H groups in total. The molecule has 0 aliphatic heterocycles. The van der Waals surface area contributed by atoms with Crippen LogP contribution in [0.3, 0.4) is 0 Å². The first kappa shape index (κ1) is 8.28. The maximum absolute atomic E-state index is 8.54. The minimum Gasteiger partial charge on any atom is -0.482 e. The maximum atomic E-state index is 8.54. The fraction of sp³-hybridized carbons (Fsp3) is 0.111. The summed E-state index contributed by atoms with van der Waals surface area (Å²) < 4.78 is 5.21. The van der Waals surface area contributed by atoms with Gasteiger partial charge in [-0.3, -0.25) is 0 Å². The summed E-state index contributed by atoms with van der Waals surface area (Å²) in [6.45, 7) is 3.92. The normalized spacial score (nSPS) is 8.58. The number of ether oxygens (including phenoxy) is 1. The lowest BCUT2D eigenvalue weighted by molar-refractivity contribution is 0.365. The average Bonchev–Trinajstić information content (AvgIpc) is 2.15. The number of rotatable bonds is 3. The van der Waals surface area contributed by atoms with Gasteiger partial charge in [-0.1, -0.05) is 24.8 Å². The van der Waals surface area contributed by atoms with Gasteiger partial charge in [0.05, 0.1) is 0 Å². The van der Waals surface area contributed by atoms with E-state index < -0.39 is 0 Å². The Morgan fingerprint density at radius 3 is 2.92 bits per heavy atom. The molecule has 0 spiro atoms. The summed E-state index contributed by atoms with van der Waals surface area (Å²) in [6, 6.07) is 6.99. The van der Waals surface area contributed by atoms with E-state index in [9.17, 15) is 0 Å². The fourth-order valence-electron chi connectivity index (χ4n) is 0.811. The molecule has 0 atom stereocenters. The van der Waals surface area contributed by atoms with Crippen molar-refractivity contribution in [2.45, 2.75) is 0 Å². The lowest BCUT2D eigenvalue weighted by atomic mass is 10.3. The Kier molecular flexibility index (Phi) is 2.86. The van der Waals surface area contributed by atoms with Crippen LogP contribution >= 0.6 is 0 Å². The van der Waals surface area contributed by atoms with E-state index in [1.54, 1.807) is 24.3 Å². The molecular formula is C9H9N2O+. The predicted molar refractivity (Wildman–Crippen MR) is 46.9 cm³/mol. The average molecular weight is 161 g/mol. The van der Waals surface area contributed by atoms with E-state index in [-0.39, 0.29) is 0 Å². The molecule has 0 saturated heterocycles. The molecule has 12 heavy (non-hydrogen) atoms. The van der Waals surface area contributed by atoms with Crippen LogP contribution in [0.25, 0.3) is 4.98 Å². The molecule has 3 heteroatoms. The van der Waals surface area contributed by atoms with Crippen LogP contribution in [-0.4, -0.2) is 6.61 Å². The lowest BCUT2D eigenvalue weighted by Crippen LogP contribution is -1.91. The largest absolute Gasteiger partial charge is 0.482 e. The van der Waals surface area contributed by atoms with Crippen LogP contribution in [0, 0.1) is 5.39 Å². The predicted octanol–water partition coefficient (Wildman–Crippen LogP) is 2.74. The first-order valence-electron chi connectivity index (χ1n) is 3.56. The molecule has 1 aromatic carbocycles. The van der Waals surface area contributed by atoms with Crippen LogP contribution in [0.2, 0.25) is 0 Å². The number of para-hydroxylation sites is 1. The topological polar surface area (TPSA) is 37.4 Å². The van der Waals surface area contributed by atoms with Crippen LogP contribution in [0.4, 0.5) is 5.69 Å². The number of nitrogens with zero attached hydrogens (tertiary/aromatic N) is 2. The molecule has 0 bridgehead atoms. The molecule has 3 nitrogen and oxygen atoms in total. The van der Waals surface area contributed by atoms with Crippen LogP contribution in [0.1, 0.15) is 0 Å². The van der Waals surface area contributed by atoms with Gasteiger partial charge in [0.1, 0.15) is 6.61 Å². The Hall–Kier alpha value is -1.82. The zero-order chi connectivity index (χ0) is 8.81. The van der Waals surface area contributed by atoms with Crippen molar-refractivity contribution >= 4 is 5.69 Å². The number of benzene rings is 1. The molecule has 0 saturated carbocycles. The Morgan fingerprint density at radius 1 is 1.50 bits per heavy atom. The Bertz CT molecular complexity index is 315. The fourth-order valence-corrected chi connectivity index (χ4v) is 0.811. The van der Waals surface area contributed by atoms with Gasteiger partial charge in [-0.15, -0.1) is 0 Å². The zero-order valence-corrected chi connectivity index (χ0v) is 6.60. The standard InChI is InChI=1S/C9H9N2O/c1-2-7-12-9-6-4-3-5-8(9)11-10/h2-6H,1,7H2/q+1. The summed E-state index contributed by atoms with van der Waals surface area (Å²) in [6.07, 6.45) is 1.63. The van der Waals surface area contributed by atoms with Crippen molar-refractivity contribution in [2.24, 2.45) is 0 Å². The van der Waals surface area contributed by atoms with Crippen LogP contribution in [-0.2, 0) is 0 Å². The first-order chi connectivity index (χ1) is 5.88. The van der Waals surface area contributed by atoms with E-state index >= 15 is 0 Å². The Labute approximate surface area is 70.9 Å². The lowest BCUT2D eigenvalue weighted by Gasteiger charge is -1.97. The molecule has 0 amide bonds. The van der Waals surface area contributed by atoms with Gasteiger partial charge in [-0.05, 0) is 6.07 Å². The number of diazo groups is 1. The number of hydrogen-bond donors (Lipinski definition) is 0. The Balaban J connectivity index is 2.83. The van der Waals surface area contributed by atoms with E-state index in [0.717, 1.165) is 0 Å². The van der Waals surface area contributed by atoms with Gasteiger partial charge >= 0.3 is 5.69 Å². The third-order valence-corrected chi connectivity index (χ3v) is 1.33. The van der Waals surface area contributed by atoms with Gasteiger partial charge < -0.3 is 4.74 Å². The molecule has 0 aromatic heterocycles. The highest BCUT2D eigenvalue weighted by molar-refractivity contribution is 5.56. The second-order valence-corrected chi connectivity index (χ2v) is 2.17. The van der Waals surface area contributed by atoms with E-state index in [2.05, 4.69) is 11.6 Å².